The zero-order chi connectivity index (χ0) is 35.2. The molecule has 0 aliphatic carbocycles. The highest BCUT2D eigenvalue weighted by Gasteiger charge is 2.26. The molecule has 1 N–H and O–H groups in total. The molecule has 0 saturated carbocycles. The van der Waals surface area contributed by atoms with Gasteiger partial charge in [0.1, 0.15) is 11.2 Å². The van der Waals surface area contributed by atoms with Crippen molar-refractivity contribution in [3.05, 3.63) is 41.5 Å². The van der Waals surface area contributed by atoms with Crippen molar-refractivity contribution in [3.8, 4) is 0 Å². The van der Waals surface area contributed by atoms with Crippen molar-refractivity contribution in [2.24, 2.45) is 0 Å². The number of nitrogens with zero attached hydrogens (tertiary/aromatic N) is 7. The molecule has 0 atom stereocenters. The molecule has 2 amide bonds. The lowest BCUT2D eigenvalue weighted by Gasteiger charge is -2.36. The number of rotatable bonds is 3. The third-order valence-corrected chi connectivity index (χ3v) is 6.25. The summed E-state index contributed by atoms with van der Waals surface area (Å²) in [7, 11) is 2.55. The number of carbonyl (C=O) groups is 4. The number of methoxy groups -OCH3 is 2. The molecule has 17 heteroatoms. The number of carbonyl (C=O) groups excluding carboxylic acids is 4. The van der Waals surface area contributed by atoms with E-state index in [0.29, 0.717) is 31.2 Å². The summed E-state index contributed by atoms with van der Waals surface area (Å²) >= 11 is 5.48. The maximum atomic E-state index is 12.0. The van der Waals surface area contributed by atoms with Crippen LogP contribution in [0.3, 0.4) is 0 Å². The van der Waals surface area contributed by atoms with Crippen molar-refractivity contribution in [2.75, 3.05) is 71.5 Å². The first-order chi connectivity index (χ1) is 22.0. The SMILES string of the molecule is CC(C)(C)OC(=O)N1CCNCC1.COC(=O)c1ncc(Cl)cn1.COC(=O)c1ncc(N2CCN(C(=O)OC(C)(C)C)CC2)cn1. The second-order valence-electron chi connectivity index (χ2n) is 12.1. The van der Waals surface area contributed by atoms with Crippen molar-refractivity contribution in [1.29, 1.82) is 0 Å². The van der Waals surface area contributed by atoms with Gasteiger partial charge in [-0.15, -0.1) is 0 Å². The van der Waals surface area contributed by atoms with Crippen LogP contribution in [-0.2, 0) is 18.9 Å². The lowest BCUT2D eigenvalue weighted by molar-refractivity contribution is 0.0223. The van der Waals surface area contributed by atoms with E-state index in [4.69, 9.17) is 21.1 Å². The molecular formula is C30H45ClN8O8. The molecule has 2 aromatic heterocycles. The Morgan fingerprint density at radius 1 is 0.660 bits per heavy atom. The van der Waals surface area contributed by atoms with Crippen molar-refractivity contribution in [3.63, 3.8) is 0 Å². The predicted molar refractivity (Wildman–Crippen MR) is 172 cm³/mol. The minimum absolute atomic E-state index is 0.0110. The Balaban J connectivity index is 0.000000270. The monoisotopic (exact) mass is 680 g/mol. The molecule has 4 rings (SSSR count). The van der Waals surface area contributed by atoms with Gasteiger partial charge < -0.3 is 39.0 Å². The fourth-order valence-corrected chi connectivity index (χ4v) is 3.94. The van der Waals surface area contributed by atoms with Crippen LogP contribution in [0.5, 0.6) is 0 Å². The average Bonchev–Trinajstić information content (AvgIpc) is 3.04. The van der Waals surface area contributed by atoms with Gasteiger partial charge in [-0.3, -0.25) is 0 Å². The minimum atomic E-state index is -0.568. The predicted octanol–water partition coefficient (Wildman–Crippen LogP) is 3.06. The number of nitrogens with one attached hydrogen (secondary N) is 1. The Morgan fingerprint density at radius 2 is 1.04 bits per heavy atom. The summed E-state index contributed by atoms with van der Waals surface area (Å²) in [5.74, 6) is -1.09. The van der Waals surface area contributed by atoms with Crippen molar-refractivity contribution >= 4 is 41.4 Å². The molecule has 0 spiro atoms. The van der Waals surface area contributed by atoms with Gasteiger partial charge in [-0.05, 0) is 41.5 Å². The number of hydrogen-bond acceptors (Lipinski definition) is 14. The molecule has 2 aliphatic heterocycles. The lowest BCUT2D eigenvalue weighted by atomic mass is 10.2. The number of anilines is 1. The molecule has 2 aromatic rings. The smallest absolute Gasteiger partial charge is 0.410 e. The van der Waals surface area contributed by atoms with Crippen molar-refractivity contribution < 1.29 is 38.1 Å². The molecule has 16 nitrogen and oxygen atoms in total. The Hall–Kier alpha value is -4.31. The topological polar surface area (TPSA) is 179 Å². The Kier molecular flexibility index (Phi) is 15.0. The zero-order valence-corrected chi connectivity index (χ0v) is 29.0. The van der Waals surface area contributed by atoms with Gasteiger partial charge in [-0.25, -0.2) is 39.1 Å². The van der Waals surface area contributed by atoms with Gasteiger partial charge >= 0.3 is 24.1 Å². The maximum Gasteiger partial charge on any atom is 0.410 e. The quantitative estimate of drug-likeness (QED) is 0.369. The highest BCUT2D eigenvalue weighted by molar-refractivity contribution is 6.30. The second kappa shape index (κ2) is 18.1. The van der Waals surface area contributed by atoms with Crippen LogP contribution in [0.1, 0.15) is 62.8 Å². The van der Waals surface area contributed by atoms with E-state index in [9.17, 15) is 19.2 Å². The number of hydrogen-bond donors (Lipinski definition) is 1. The summed E-state index contributed by atoms with van der Waals surface area (Å²) in [5.41, 5.74) is -0.0743. The van der Waals surface area contributed by atoms with Crippen LogP contribution in [0, 0.1) is 0 Å². The van der Waals surface area contributed by atoms with Crippen LogP contribution >= 0.6 is 11.6 Å². The molecule has 0 unspecified atom stereocenters. The standard InChI is InChI=1S/C15H22N4O4.C9H18N2O2.C6H5ClN2O2/c1-15(2,3)23-14(21)19-7-5-18(6-8-19)11-9-16-12(17-10-11)13(20)22-4;1-9(2,3)13-8(12)11-6-4-10-5-7-11;1-11-6(10)5-8-2-4(7)3-9-5/h9-10H,5-8H2,1-4H3;10H,4-7H2,1-3H3;2-3H,1H3. The van der Waals surface area contributed by atoms with E-state index in [-0.39, 0.29) is 29.4 Å². The van der Waals surface area contributed by atoms with E-state index < -0.39 is 17.5 Å². The average molecular weight is 681 g/mol. The van der Waals surface area contributed by atoms with Gasteiger partial charge in [0, 0.05) is 64.8 Å². The fourth-order valence-electron chi connectivity index (χ4n) is 3.84. The van der Waals surface area contributed by atoms with Crippen LogP contribution in [0.25, 0.3) is 0 Å². The molecule has 4 heterocycles. The first-order valence-electron chi connectivity index (χ1n) is 14.9. The molecule has 0 aromatic carbocycles. The number of esters is 2. The van der Waals surface area contributed by atoms with E-state index >= 15 is 0 Å². The van der Waals surface area contributed by atoms with E-state index in [1.807, 2.05) is 41.5 Å². The summed E-state index contributed by atoms with van der Waals surface area (Å²) in [6.07, 6.45) is 5.34. The molecule has 0 bridgehead atoms. The van der Waals surface area contributed by atoms with E-state index in [1.54, 1.807) is 22.2 Å². The molecule has 2 fully saturated rings. The molecular weight excluding hydrogens is 636 g/mol. The van der Waals surface area contributed by atoms with Gasteiger partial charge in [0.05, 0.1) is 37.3 Å². The van der Waals surface area contributed by atoms with Crippen molar-refractivity contribution in [1.82, 2.24) is 35.1 Å². The van der Waals surface area contributed by atoms with Gasteiger partial charge in [0.15, 0.2) is 0 Å². The van der Waals surface area contributed by atoms with Crippen LogP contribution in [0.4, 0.5) is 15.3 Å². The highest BCUT2D eigenvalue weighted by Crippen LogP contribution is 2.17. The summed E-state index contributed by atoms with van der Waals surface area (Å²) in [6, 6.07) is 0. The molecule has 2 saturated heterocycles. The maximum absolute atomic E-state index is 12.0. The van der Waals surface area contributed by atoms with Crippen LogP contribution in [0.15, 0.2) is 24.8 Å². The summed E-state index contributed by atoms with van der Waals surface area (Å²) in [5, 5.41) is 3.57. The van der Waals surface area contributed by atoms with Crippen LogP contribution < -0.4 is 10.2 Å². The Bertz CT molecular complexity index is 1300. The second-order valence-corrected chi connectivity index (χ2v) is 12.6. The highest BCUT2D eigenvalue weighted by atomic mass is 35.5. The number of halogens is 1. The number of aromatic nitrogens is 4. The zero-order valence-electron chi connectivity index (χ0n) is 28.2. The Morgan fingerprint density at radius 3 is 1.43 bits per heavy atom. The molecule has 0 radical (unpaired) electrons. The molecule has 47 heavy (non-hydrogen) atoms. The fraction of sp³-hybridized carbons (Fsp3) is 0.600. The summed E-state index contributed by atoms with van der Waals surface area (Å²) < 4.78 is 19.5. The van der Waals surface area contributed by atoms with E-state index in [1.165, 1.54) is 26.6 Å². The Labute approximate surface area is 280 Å². The first-order valence-corrected chi connectivity index (χ1v) is 15.3. The van der Waals surface area contributed by atoms with Crippen LogP contribution in [0.2, 0.25) is 5.02 Å². The van der Waals surface area contributed by atoms with Gasteiger partial charge in [0.2, 0.25) is 11.6 Å². The first kappa shape index (κ1) is 38.9. The molecule has 2 aliphatic rings. The number of ether oxygens (including phenoxy) is 4. The number of piperazine rings is 2. The minimum Gasteiger partial charge on any atom is -0.463 e. The van der Waals surface area contributed by atoms with Gasteiger partial charge in [-0.2, -0.15) is 0 Å². The summed E-state index contributed by atoms with van der Waals surface area (Å²) in [4.78, 5) is 66.3. The van der Waals surface area contributed by atoms with Gasteiger partial charge in [0.25, 0.3) is 0 Å². The normalized spacial score (nSPS) is 14.8. The third kappa shape index (κ3) is 14.3. The lowest BCUT2D eigenvalue weighted by Crippen LogP contribution is -2.50. The van der Waals surface area contributed by atoms with Crippen molar-refractivity contribution in [2.45, 2.75) is 52.7 Å². The third-order valence-electron chi connectivity index (χ3n) is 6.06. The number of amides is 2. The van der Waals surface area contributed by atoms with E-state index in [0.717, 1.165) is 31.9 Å². The van der Waals surface area contributed by atoms with Crippen LogP contribution in [-0.4, -0.2) is 132 Å². The van der Waals surface area contributed by atoms with E-state index in [2.05, 4.69) is 39.6 Å². The van der Waals surface area contributed by atoms with Gasteiger partial charge in [-0.1, -0.05) is 11.6 Å². The summed E-state index contributed by atoms with van der Waals surface area (Å²) in [6.45, 7) is 16.8. The largest absolute Gasteiger partial charge is 0.463 e. The molecule has 260 valence electrons.